The summed E-state index contributed by atoms with van der Waals surface area (Å²) in [5, 5.41) is 16.4. The SMILES string of the molecule is Cc1ccc(CNC(=O)[C@H](Cc2ccccc2)NC(=O)[C@H](CCC(=O)NC(C)(C)C)NC(=O)[C@H](CNC(=O)CCl)NC(=O)CCCc2ccccc2)cc1. The van der Waals surface area contributed by atoms with E-state index in [0.29, 0.717) is 12.8 Å². The second kappa shape index (κ2) is 22.1. The van der Waals surface area contributed by atoms with E-state index in [-0.39, 0.29) is 50.6 Å². The van der Waals surface area contributed by atoms with Gasteiger partial charge in [0.1, 0.15) is 24.0 Å². The maximum Gasteiger partial charge on any atom is 0.245 e. The van der Waals surface area contributed by atoms with Crippen molar-refractivity contribution in [1.29, 1.82) is 0 Å². The summed E-state index contributed by atoms with van der Waals surface area (Å²) < 4.78 is 0. The largest absolute Gasteiger partial charge is 0.352 e. The Morgan fingerprint density at radius 3 is 1.81 bits per heavy atom. The minimum atomic E-state index is -1.28. The highest BCUT2D eigenvalue weighted by atomic mass is 35.5. The second-order valence-corrected chi connectivity index (χ2v) is 14.5. The Morgan fingerprint density at radius 2 is 1.20 bits per heavy atom. The number of hydrogen-bond donors (Lipinski definition) is 6. The number of benzene rings is 3. The fourth-order valence-electron chi connectivity index (χ4n) is 5.48. The molecule has 13 heteroatoms. The maximum atomic E-state index is 14.0. The van der Waals surface area contributed by atoms with Crippen LogP contribution in [0.1, 0.15) is 68.7 Å². The zero-order valence-corrected chi connectivity index (χ0v) is 32.3. The molecule has 6 amide bonds. The quantitative estimate of drug-likeness (QED) is 0.0964. The summed E-state index contributed by atoms with van der Waals surface area (Å²) in [5.41, 5.74) is 3.28. The van der Waals surface area contributed by atoms with E-state index < -0.39 is 53.2 Å². The van der Waals surface area contributed by atoms with Crippen molar-refractivity contribution in [3.63, 3.8) is 0 Å². The van der Waals surface area contributed by atoms with Gasteiger partial charge in [-0.15, -0.1) is 11.6 Å². The molecule has 6 N–H and O–H groups in total. The van der Waals surface area contributed by atoms with Crippen molar-refractivity contribution in [2.75, 3.05) is 12.4 Å². The van der Waals surface area contributed by atoms with Crippen molar-refractivity contribution in [3.05, 3.63) is 107 Å². The average Bonchev–Trinajstić information content (AvgIpc) is 3.14. The normalized spacial score (nSPS) is 12.7. The molecule has 0 aliphatic heterocycles. The van der Waals surface area contributed by atoms with Crippen molar-refractivity contribution < 1.29 is 28.8 Å². The highest BCUT2D eigenvalue weighted by molar-refractivity contribution is 6.27. The standard InChI is InChI=1S/C41H53ClN6O6/c1-28-18-20-31(21-19-28)26-44-38(52)33(24-30-14-9-6-10-15-30)47-39(53)32(22-23-36(50)48-41(2,3)4)46-40(54)34(27-43-37(51)25-42)45-35(49)17-11-16-29-12-7-5-8-13-29/h5-10,12-15,18-21,32-34H,11,16-17,22-27H2,1-4H3,(H,43,51)(H,44,52)(H,45,49)(H,46,54)(H,47,53)(H,48,50)/t32-,33-,34-/m0/s1. The minimum Gasteiger partial charge on any atom is -0.352 e. The Bertz CT molecular complexity index is 1680. The lowest BCUT2D eigenvalue weighted by Gasteiger charge is -2.26. The molecule has 0 radical (unpaired) electrons. The first kappa shape index (κ1) is 43.2. The molecule has 3 atom stereocenters. The maximum absolute atomic E-state index is 14.0. The van der Waals surface area contributed by atoms with Gasteiger partial charge in [0, 0.05) is 37.9 Å². The smallest absolute Gasteiger partial charge is 0.245 e. The molecule has 0 aliphatic carbocycles. The number of aryl methyl sites for hydroxylation is 2. The third kappa shape index (κ3) is 16.6. The topological polar surface area (TPSA) is 175 Å². The van der Waals surface area contributed by atoms with Gasteiger partial charge in [0.05, 0.1) is 0 Å². The molecule has 0 bridgehead atoms. The van der Waals surface area contributed by atoms with Crippen LogP contribution in [0.3, 0.4) is 0 Å². The van der Waals surface area contributed by atoms with Crippen LogP contribution in [-0.4, -0.2) is 71.5 Å². The van der Waals surface area contributed by atoms with Crippen molar-refractivity contribution in [1.82, 2.24) is 31.9 Å². The van der Waals surface area contributed by atoms with E-state index >= 15 is 0 Å². The summed E-state index contributed by atoms with van der Waals surface area (Å²) in [4.78, 5) is 79.3. The van der Waals surface area contributed by atoms with Gasteiger partial charge in [-0.25, -0.2) is 0 Å². The lowest BCUT2D eigenvalue weighted by molar-refractivity contribution is -0.134. The van der Waals surface area contributed by atoms with Crippen LogP contribution in [0.2, 0.25) is 0 Å². The predicted molar refractivity (Wildman–Crippen MR) is 209 cm³/mol. The molecule has 12 nitrogen and oxygen atoms in total. The lowest BCUT2D eigenvalue weighted by atomic mass is 10.0. The van der Waals surface area contributed by atoms with Crippen molar-refractivity contribution in [3.8, 4) is 0 Å². The van der Waals surface area contributed by atoms with Gasteiger partial charge < -0.3 is 31.9 Å². The molecular weight excluding hydrogens is 708 g/mol. The number of carbonyl (C=O) groups is 6. The number of halogens is 1. The monoisotopic (exact) mass is 760 g/mol. The van der Waals surface area contributed by atoms with E-state index in [2.05, 4.69) is 31.9 Å². The molecule has 0 saturated carbocycles. The Morgan fingerprint density at radius 1 is 0.611 bits per heavy atom. The highest BCUT2D eigenvalue weighted by Gasteiger charge is 2.31. The molecule has 54 heavy (non-hydrogen) atoms. The Labute approximate surface area is 323 Å². The van der Waals surface area contributed by atoms with Gasteiger partial charge in [-0.05, 0) is 63.6 Å². The fraction of sp³-hybridized carbons (Fsp3) is 0.415. The molecule has 0 heterocycles. The highest BCUT2D eigenvalue weighted by Crippen LogP contribution is 2.09. The van der Waals surface area contributed by atoms with Gasteiger partial charge in [0.15, 0.2) is 0 Å². The van der Waals surface area contributed by atoms with Crippen molar-refractivity contribution in [2.45, 2.75) is 96.4 Å². The first-order chi connectivity index (χ1) is 25.7. The van der Waals surface area contributed by atoms with E-state index in [9.17, 15) is 28.8 Å². The third-order valence-corrected chi connectivity index (χ3v) is 8.54. The molecule has 0 spiro atoms. The molecule has 0 saturated heterocycles. The number of carbonyl (C=O) groups excluding carboxylic acids is 6. The zero-order valence-electron chi connectivity index (χ0n) is 31.5. The fourth-order valence-corrected chi connectivity index (χ4v) is 5.58. The van der Waals surface area contributed by atoms with Gasteiger partial charge in [-0.1, -0.05) is 90.5 Å². The molecule has 0 unspecified atom stereocenters. The molecular formula is C41H53ClN6O6. The molecule has 290 valence electrons. The number of hydrogen-bond acceptors (Lipinski definition) is 6. The van der Waals surface area contributed by atoms with Crippen LogP contribution in [0, 0.1) is 6.92 Å². The van der Waals surface area contributed by atoms with E-state index in [4.69, 9.17) is 11.6 Å². The molecule has 3 aromatic rings. The van der Waals surface area contributed by atoms with Crippen LogP contribution < -0.4 is 31.9 Å². The van der Waals surface area contributed by atoms with Crippen LogP contribution in [0.25, 0.3) is 0 Å². The predicted octanol–water partition coefficient (Wildman–Crippen LogP) is 3.38. The van der Waals surface area contributed by atoms with Gasteiger partial charge in [-0.3, -0.25) is 28.8 Å². The van der Waals surface area contributed by atoms with E-state index in [0.717, 1.165) is 22.3 Å². The average molecular weight is 761 g/mol. The van der Waals surface area contributed by atoms with Crippen LogP contribution >= 0.6 is 11.6 Å². The van der Waals surface area contributed by atoms with Crippen LogP contribution in [0.4, 0.5) is 0 Å². The van der Waals surface area contributed by atoms with Crippen LogP contribution in [0.5, 0.6) is 0 Å². The summed E-state index contributed by atoms with van der Waals surface area (Å²) >= 11 is 5.66. The van der Waals surface area contributed by atoms with E-state index in [1.54, 1.807) is 0 Å². The van der Waals surface area contributed by atoms with Crippen LogP contribution in [-0.2, 0) is 48.2 Å². The number of nitrogens with one attached hydrogen (secondary N) is 6. The minimum absolute atomic E-state index is 0.109. The number of amides is 6. The number of rotatable bonds is 20. The second-order valence-electron chi connectivity index (χ2n) is 14.2. The Balaban J connectivity index is 1.80. The molecule has 3 aromatic carbocycles. The van der Waals surface area contributed by atoms with Gasteiger partial charge in [0.2, 0.25) is 35.4 Å². The van der Waals surface area contributed by atoms with E-state index in [1.807, 2.05) is 113 Å². The summed E-state index contributed by atoms with van der Waals surface area (Å²) in [7, 11) is 0. The molecule has 3 rings (SSSR count). The molecule has 0 fully saturated rings. The summed E-state index contributed by atoms with van der Waals surface area (Å²) in [5.74, 6) is -3.58. The Kier molecular flexibility index (Phi) is 17.7. The zero-order chi connectivity index (χ0) is 39.5. The summed E-state index contributed by atoms with van der Waals surface area (Å²) in [6, 6.07) is 22.9. The van der Waals surface area contributed by atoms with E-state index in [1.165, 1.54) is 0 Å². The number of alkyl halides is 1. The molecule has 0 aromatic heterocycles. The summed E-state index contributed by atoms with van der Waals surface area (Å²) in [6.45, 7) is 7.37. The first-order valence-electron chi connectivity index (χ1n) is 18.2. The third-order valence-electron chi connectivity index (χ3n) is 8.30. The van der Waals surface area contributed by atoms with Crippen molar-refractivity contribution in [2.24, 2.45) is 0 Å². The van der Waals surface area contributed by atoms with Crippen LogP contribution in [0.15, 0.2) is 84.9 Å². The van der Waals surface area contributed by atoms with Crippen molar-refractivity contribution >= 4 is 47.0 Å². The summed E-state index contributed by atoms with van der Waals surface area (Å²) in [6.07, 6.45) is 1.19. The van der Waals surface area contributed by atoms with Gasteiger partial charge in [0.25, 0.3) is 0 Å². The van der Waals surface area contributed by atoms with Gasteiger partial charge >= 0.3 is 0 Å². The lowest BCUT2D eigenvalue weighted by Crippen LogP contribution is -2.59. The first-order valence-corrected chi connectivity index (χ1v) is 18.7. The van der Waals surface area contributed by atoms with Gasteiger partial charge in [-0.2, -0.15) is 0 Å². The molecule has 0 aliphatic rings. The Hall–Kier alpha value is -5.23.